The van der Waals surface area contributed by atoms with Crippen molar-refractivity contribution in [2.75, 3.05) is 0 Å². The summed E-state index contributed by atoms with van der Waals surface area (Å²) in [4.78, 5) is 10.5. The zero-order chi connectivity index (χ0) is 9.84. The zero-order valence-electron chi connectivity index (χ0n) is 7.02. The van der Waals surface area contributed by atoms with Crippen molar-refractivity contribution in [1.82, 2.24) is 0 Å². The standard InChI is InChI=1S/C10H9Cl2O/c1-2-3-7-4-9(11)8(6-13)10(12)5-7/h4-6H,1-3H2. The van der Waals surface area contributed by atoms with Gasteiger partial charge < -0.3 is 0 Å². The molecule has 1 aromatic carbocycles. The van der Waals surface area contributed by atoms with Crippen molar-refractivity contribution in [3.63, 3.8) is 0 Å². The van der Waals surface area contributed by atoms with Crippen LogP contribution in [-0.4, -0.2) is 6.29 Å². The summed E-state index contributed by atoms with van der Waals surface area (Å²) >= 11 is 11.7. The Bertz CT molecular complexity index is 298. The van der Waals surface area contributed by atoms with Crippen molar-refractivity contribution in [3.05, 3.63) is 40.2 Å². The molecule has 0 unspecified atom stereocenters. The maximum absolute atomic E-state index is 10.5. The van der Waals surface area contributed by atoms with Gasteiger partial charge in [-0.25, -0.2) is 0 Å². The highest BCUT2D eigenvalue weighted by molar-refractivity contribution is 6.38. The predicted molar refractivity (Wildman–Crippen MR) is 55.5 cm³/mol. The summed E-state index contributed by atoms with van der Waals surface area (Å²) in [5.74, 6) is 0. The van der Waals surface area contributed by atoms with Crippen LogP contribution in [0.1, 0.15) is 22.3 Å². The van der Waals surface area contributed by atoms with Crippen molar-refractivity contribution in [1.29, 1.82) is 0 Å². The van der Waals surface area contributed by atoms with E-state index in [9.17, 15) is 4.79 Å². The third kappa shape index (κ3) is 2.45. The Hall–Kier alpha value is -0.530. The van der Waals surface area contributed by atoms with E-state index in [1.54, 1.807) is 12.1 Å². The lowest BCUT2D eigenvalue weighted by atomic mass is 10.1. The maximum atomic E-state index is 10.5. The minimum atomic E-state index is 0.358. The molecule has 69 valence electrons. The number of halogens is 2. The van der Waals surface area contributed by atoms with Gasteiger partial charge in [0, 0.05) is 0 Å². The monoisotopic (exact) mass is 215 g/mol. The molecule has 0 heterocycles. The topological polar surface area (TPSA) is 17.1 Å². The van der Waals surface area contributed by atoms with Crippen LogP contribution in [0.4, 0.5) is 0 Å². The van der Waals surface area contributed by atoms with Gasteiger partial charge in [-0.15, -0.1) is 0 Å². The minimum absolute atomic E-state index is 0.358. The van der Waals surface area contributed by atoms with Gasteiger partial charge in [0.15, 0.2) is 6.29 Å². The Kier molecular flexibility index (Phi) is 3.76. The molecule has 1 aromatic rings. The first kappa shape index (κ1) is 10.6. The van der Waals surface area contributed by atoms with Crippen molar-refractivity contribution in [2.45, 2.75) is 12.8 Å². The normalized spacial score (nSPS) is 10.1. The number of hydrogen-bond donors (Lipinski definition) is 0. The highest BCUT2D eigenvalue weighted by Crippen LogP contribution is 2.25. The first-order valence-corrected chi connectivity index (χ1v) is 4.67. The lowest BCUT2D eigenvalue weighted by Gasteiger charge is -2.03. The van der Waals surface area contributed by atoms with E-state index in [4.69, 9.17) is 23.2 Å². The van der Waals surface area contributed by atoms with Crippen LogP contribution in [0.2, 0.25) is 10.0 Å². The van der Waals surface area contributed by atoms with E-state index in [0.29, 0.717) is 21.9 Å². The number of aryl methyl sites for hydroxylation is 1. The molecule has 1 rings (SSSR count). The average molecular weight is 216 g/mol. The van der Waals surface area contributed by atoms with Gasteiger partial charge in [0.1, 0.15) is 0 Å². The second-order valence-electron chi connectivity index (χ2n) is 2.69. The van der Waals surface area contributed by atoms with Crippen LogP contribution >= 0.6 is 23.2 Å². The highest BCUT2D eigenvalue weighted by Gasteiger charge is 2.06. The molecule has 3 heteroatoms. The maximum Gasteiger partial charge on any atom is 0.153 e. The third-order valence-electron chi connectivity index (χ3n) is 1.72. The Labute approximate surface area is 87.7 Å². The van der Waals surface area contributed by atoms with Crippen LogP contribution in [-0.2, 0) is 6.42 Å². The summed E-state index contributed by atoms with van der Waals surface area (Å²) in [5, 5.41) is 0.817. The second kappa shape index (κ2) is 4.64. The molecule has 1 radical (unpaired) electrons. The van der Waals surface area contributed by atoms with Crippen molar-refractivity contribution < 1.29 is 4.79 Å². The largest absolute Gasteiger partial charge is 0.298 e. The van der Waals surface area contributed by atoms with E-state index in [2.05, 4.69) is 6.92 Å². The minimum Gasteiger partial charge on any atom is -0.298 e. The molecule has 0 spiro atoms. The SMILES string of the molecule is [CH2]CCc1cc(Cl)c(C=O)c(Cl)c1. The van der Waals surface area contributed by atoms with Crippen molar-refractivity contribution in [3.8, 4) is 0 Å². The Morgan fingerprint density at radius 3 is 2.23 bits per heavy atom. The van der Waals surface area contributed by atoms with Gasteiger partial charge in [0.2, 0.25) is 0 Å². The summed E-state index contributed by atoms with van der Waals surface area (Å²) < 4.78 is 0. The number of benzene rings is 1. The van der Waals surface area contributed by atoms with Gasteiger partial charge >= 0.3 is 0 Å². The molecule has 0 fully saturated rings. The molecule has 0 aliphatic rings. The van der Waals surface area contributed by atoms with Gasteiger partial charge in [0.25, 0.3) is 0 Å². The van der Waals surface area contributed by atoms with Crippen molar-refractivity contribution in [2.24, 2.45) is 0 Å². The fourth-order valence-corrected chi connectivity index (χ4v) is 1.72. The van der Waals surface area contributed by atoms with Crippen molar-refractivity contribution >= 4 is 29.5 Å². The molecule has 0 bridgehead atoms. The van der Waals surface area contributed by atoms with E-state index in [1.165, 1.54) is 0 Å². The van der Waals surface area contributed by atoms with Crippen LogP contribution in [0, 0.1) is 6.92 Å². The van der Waals surface area contributed by atoms with Gasteiger partial charge in [-0.3, -0.25) is 4.79 Å². The molecule has 0 saturated carbocycles. The molecule has 0 aromatic heterocycles. The lowest BCUT2D eigenvalue weighted by Crippen LogP contribution is -1.89. The first-order chi connectivity index (χ1) is 6.19. The molecular weight excluding hydrogens is 207 g/mol. The Morgan fingerprint density at radius 1 is 1.31 bits per heavy atom. The van der Waals surface area contributed by atoms with Gasteiger partial charge in [-0.1, -0.05) is 30.1 Å². The number of hydrogen-bond acceptors (Lipinski definition) is 1. The summed E-state index contributed by atoms with van der Waals surface area (Å²) in [6, 6.07) is 3.50. The van der Waals surface area contributed by atoms with E-state index in [1.807, 2.05) is 0 Å². The van der Waals surface area contributed by atoms with Crippen LogP contribution in [0.15, 0.2) is 12.1 Å². The number of carbonyl (C=O) groups excluding carboxylic acids is 1. The van der Waals surface area contributed by atoms with Gasteiger partial charge in [0.05, 0.1) is 15.6 Å². The summed E-state index contributed by atoms with van der Waals surface area (Å²) in [6.45, 7) is 3.73. The summed E-state index contributed by atoms with van der Waals surface area (Å²) in [6.07, 6.45) is 2.27. The van der Waals surface area contributed by atoms with Crippen LogP contribution < -0.4 is 0 Å². The van der Waals surface area contributed by atoms with Crippen LogP contribution in [0.25, 0.3) is 0 Å². The predicted octanol–water partition coefficient (Wildman–Crippen LogP) is 3.57. The quantitative estimate of drug-likeness (QED) is 0.705. The average Bonchev–Trinajstić information content (AvgIpc) is 2.04. The smallest absolute Gasteiger partial charge is 0.153 e. The molecule has 0 amide bonds. The Balaban J connectivity index is 3.12. The van der Waals surface area contributed by atoms with Gasteiger partial charge in [-0.05, 0) is 30.5 Å². The molecule has 0 N–H and O–H groups in total. The van der Waals surface area contributed by atoms with E-state index in [-0.39, 0.29) is 0 Å². The Morgan fingerprint density at radius 2 is 1.85 bits per heavy atom. The fraction of sp³-hybridized carbons (Fsp3) is 0.200. The van der Waals surface area contributed by atoms with E-state index in [0.717, 1.165) is 18.4 Å². The highest BCUT2D eigenvalue weighted by atomic mass is 35.5. The zero-order valence-corrected chi connectivity index (χ0v) is 8.53. The molecule has 0 aliphatic heterocycles. The van der Waals surface area contributed by atoms with Crippen LogP contribution in [0.5, 0.6) is 0 Å². The number of carbonyl (C=O) groups is 1. The molecular formula is C10H9Cl2O. The van der Waals surface area contributed by atoms with E-state index >= 15 is 0 Å². The molecule has 0 aliphatic carbocycles. The lowest BCUT2D eigenvalue weighted by molar-refractivity contribution is 0.112. The first-order valence-electron chi connectivity index (χ1n) is 3.91. The fourth-order valence-electron chi connectivity index (χ4n) is 1.10. The number of rotatable bonds is 3. The summed E-state index contributed by atoms with van der Waals surface area (Å²) in [7, 11) is 0. The molecule has 13 heavy (non-hydrogen) atoms. The third-order valence-corrected chi connectivity index (χ3v) is 2.35. The second-order valence-corrected chi connectivity index (χ2v) is 3.51. The molecule has 1 nitrogen and oxygen atoms in total. The molecule has 0 saturated heterocycles. The molecule has 0 atom stereocenters. The van der Waals surface area contributed by atoms with Crippen LogP contribution in [0.3, 0.4) is 0 Å². The van der Waals surface area contributed by atoms with Gasteiger partial charge in [-0.2, -0.15) is 0 Å². The van der Waals surface area contributed by atoms with E-state index < -0.39 is 0 Å². The number of aldehydes is 1. The summed E-state index contributed by atoms with van der Waals surface area (Å²) in [5.41, 5.74) is 1.37.